The fraction of sp³-hybridized carbons (Fsp3) is 1.00. The minimum Gasteiger partial charge on any atom is -0.394 e. The number of hydrogen-bond donors (Lipinski definition) is 5. The Morgan fingerprint density at radius 2 is 1.46 bits per heavy atom. The zero-order valence-corrected chi connectivity index (χ0v) is 9.24. The Hall–Kier alpha value is 0.760. The van der Waals surface area contributed by atoms with Gasteiger partial charge in [0, 0.05) is 29.6 Å². The molecule has 1 rings (SSSR count). The second kappa shape index (κ2) is 5.59. The molecule has 0 saturated carbocycles. The number of ether oxygens (including phenoxy) is 1. The molecule has 73 valence electrons. The van der Waals surface area contributed by atoms with E-state index in [1.54, 1.807) is 0 Å². The minimum absolute atomic E-state index is 0. The van der Waals surface area contributed by atoms with Gasteiger partial charge in [-0.3, -0.25) is 0 Å². The van der Waals surface area contributed by atoms with Crippen LogP contribution in [-0.2, 0) is 4.74 Å². The molecule has 7 heteroatoms. The molecule has 0 spiro atoms. The van der Waals surface area contributed by atoms with Gasteiger partial charge in [-0.15, -0.1) is 0 Å². The van der Waals surface area contributed by atoms with Gasteiger partial charge >= 0.3 is 0 Å². The Kier molecular flexibility index (Phi) is 5.92. The van der Waals surface area contributed by atoms with Crippen LogP contribution in [0.5, 0.6) is 0 Å². The van der Waals surface area contributed by atoms with E-state index in [2.05, 4.69) is 4.74 Å². The van der Waals surface area contributed by atoms with E-state index in [4.69, 9.17) is 25.5 Å². The predicted molar refractivity (Wildman–Crippen MR) is 41.7 cm³/mol. The summed E-state index contributed by atoms with van der Waals surface area (Å²) in [6.07, 6.45) is -7.04. The molecular formula is C6H12NaO6. The van der Waals surface area contributed by atoms with Gasteiger partial charge in [0.25, 0.3) is 0 Å². The molecule has 1 unspecified atom stereocenters. The second-order valence-electron chi connectivity index (χ2n) is 2.72. The number of rotatable bonds is 1. The van der Waals surface area contributed by atoms with Crippen LogP contribution < -0.4 is 0 Å². The minimum atomic E-state index is -1.57. The molecule has 13 heavy (non-hydrogen) atoms. The molecule has 1 saturated heterocycles. The van der Waals surface area contributed by atoms with Crippen molar-refractivity contribution < 1.29 is 30.3 Å². The van der Waals surface area contributed by atoms with E-state index in [9.17, 15) is 0 Å². The van der Waals surface area contributed by atoms with Crippen LogP contribution in [0.15, 0.2) is 0 Å². The maximum absolute atomic E-state index is 9.12. The van der Waals surface area contributed by atoms with Gasteiger partial charge in [-0.2, -0.15) is 0 Å². The van der Waals surface area contributed by atoms with E-state index < -0.39 is 37.3 Å². The van der Waals surface area contributed by atoms with Gasteiger partial charge in [0.2, 0.25) is 0 Å². The Bertz CT molecular complexity index is 151. The zero-order valence-electron chi connectivity index (χ0n) is 7.24. The van der Waals surface area contributed by atoms with E-state index in [1.165, 1.54) is 0 Å². The van der Waals surface area contributed by atoms with E-state index in [-0.39, 0.29) is 29.6 Å². The van der Waals surface area contributed by atoms with Crippen LogP contribution in [0.25, 0.3) is 0 Å². The van der Waals surface area contributed by atoms with Crippen LogP contribution in [-0.4, -0.2) is 92.4 Å². The fourth-order valence-corrected chi connectivity index (χ4v) is 1.08. The van der Waals surface area contributed by atoms with Gasteiger partial charge in [0.15, 0.2) is 6.29 Å². The Morgan fingerprint density at radius 1 is 0.923 bits per heavy atom. The quantitative estimate of drug-likeness (QED) is 0.282. The molecule has 1 radical (unpaired) electrons. The van der Waals surface area contributed by atoms with Crippen molar-refractivity contribution in [1.82, 2.24) is 0 Å². The standard InChI is InChI=1S/C6H12O6.Na/c7-1-2-3(8)4(9)5(10)6(11)12-2;/h2-11H,1H2;/t2-,3-,4+,5-,6?;/m1./s1. The van der Waals surface area contributed by atoms with E-state index in [1.807, 2.05) is 0 Å². The number of hydrogen-bond acceptors (Lipinski definition) is 6. The van der Waals surface area contributed by atoms with Crippen molar-refractivity contribution in [2.24, 2.45) is 0 Å². The molecule has 1 fully saturated rings. The Balaban J connectivity index is 0.00000144. The first-order chi connectivity index (χ1) is 5.57. The van der Waals surface area contributed by atoms with Crippen molar-refractivity contribution in [3.8, 4) is 0 Å². The summed E-state index contributed by atoms with van der Waals surface area (Å²) in [5.41, 5.74) is 0. The predicted octanol–water partition coefficient (Wildman–Crippen LogP) is -3.60. The van der Waals surface area contributed by atoms with Crippen molar-refractivity contribution >= 4 is 29.6 Å². The maximum atomic E-state index is 9.12. The SMILES string of the molecule is OC[C@H]1OC(O)[C@H](O)[C@@H](O)[C@@H]1O.[Na]. The summed E-state index contributed by atoms with van der Waals surface area (Å²) in [5.74, 6) is 0. The van der Waals surface area contributed by atoms with E-state index in [0.29, 0.717) is 0 Å². The Morgan fingerprint density at radius 3 is 1.92 bits per heavy atom. The molecule has 0 aromatic carbocycles. The topological polar surface area (TPSA) is 110 Å². The summed E-state index contributed by atoms with van der Waals surface area (Å²) < 4.78 is 4.58. The normalized spacial score (nSPS) is 45.5. The van der Waals surface area contributed by atoms with Crippen LogP contribution in [0.1, 0.15) is 0 Å². The summed E-state index contributed by atoms with van der Waals surface area (Å²) in [6.45, 7) is -0.526. The molecular weight excluding hydrogens is 191 g/mol. The third-order valence-electron chi connectivity index (χ3n) is 1.87. The van der Waals surface area contributed by atoms with Crippen LogP contribution in [0, 0.1) is 0 Å². The van der Waals surface area contributed by atoms with Gasteiger partial charge < -0.3 is 30.3 Å². The van der Waals surface area contributed by atoms with Crippen molar-refractivity contribution in [3.63, 3.8) is 0 Å². The van der Waals surface area contributed by atoms with Gasteiger partial charge in [-0.1, -0.05) is 0 Å². The Labute approximate surface area is 97.1 Å². The summed E-state index contributed by atoms with van der Waals surface area (Å²) >= 11 is 0. The molecule has 0 amide bonds. The van der Waals surface area contributed by atoms with Crippen LogP contribution >= 0.6 is 0 Å². The van der Waals surface area contributed by atoms with Crippen LogP contribution in [0.3, 0.4) is 0 Å². The molecule has 1 aliphatic rings. The average molecular weight is 203 g/mol. The number of aliphatic hydroxyl groups excluding tert-OH is 5. The largest absolute Gasteiger partial charge is 0.394 e. The van der Waals surface area contributed by atoms with Crippen LogP contribution in [0.2, 0.25) is 0 Å². The van der Waals surface area contributed by atoms with Crippen molar-refractivity contribution in [2.75, 3.05) is 6.61 Å². The third kappa shape index (κ3) is 2.85. The third-order valence-corrected chi connectivity index (χ3v) is 1.87. The molecule has 5 atom stereocenters. The molecule has 5 N–H and O–H groups in total. The summed E-state index contributed by atoms with van der Waals surface area (Å²) in [7, 11) is 0. The molecule has 0 bridgehead atoms. The zero-order chi connectivity index (χ0) is 9.30. The van der Waals surface area contributed by atoms with Crippen molar-refractivity contribution in [3.05, 3.63) is 0 Å². The molecule has 0 aromatic heterocycles. The first kappa shape index (κ1) is 13.8. The number of aliphatic hydroxyl groups is 5. The maximum Gasteiger partial charge on any atom is 0.184 e. The van der Waals surface area contributed by atoms with Crippen molar-refractivity contribution in [1.29, 1.82) is 0 Å². The molecule has 1 heterocycles. The second-order valence-corrected chi connectivity index (χ2v) is 2.72. The molecule has 1 aliphatic heterocycles. The summed E-state index contributed by atoms with van der Waals surface area (Å²) in [4.78, 5) is 0. The monoisotopic (exact) mass is 203 g/mol. The van der Waals surface area contributed by atoms with Gasteiger partial charge in [0.05, 0.1) is 6.61 Å². The summed E-state index contributed by atoms with van der Waals surface area (Å²) in [5, 5.41) is 44.7. The summed E-state index contributed by atoms with van der Waals surface area (Å²) in [6, 6.07) is 0. The fourth-order valence-electron chi connectivity index (χ4n) is 1.08. The first-order valence-electron chi connectivity index (χ1n) is 3.56. The van der Waals surface area contributed by atoms with Gasteiger partial charge in [-0.05, 0) is 0 Å². The van der Waals surface area contributed by atoms with Gasteiger partial charge in [-0.25, -0.2) is 0 Å². The average Bonchev–Trinajstić information content (AvgIpc) is 2.08. The molecule has 0 aliphatic carbocycles. The smallest absolute Gasteiger partial charge is 0.184 e. The van der Waals surface area contributed by atoms with Gasteiger partial charge in [0.1, 0.15) is 24.4 Å². The van der Waals surface area contributed by atoms with E-state index >= 15 is 0 Å². The first-order valence-corrected chi connectivity index (χ1v) is 3.56. The molecule has 0 aromatic rings. The molecule has 6 nitrogen and oxygen atoms in total. The van der Waals surface area contributed by atoms with Crippen molar-refractivity contribution in [2.45, 2.75) is 30.7 Å². The van der Waals surface area contributed by atoms with E-state index in [0.717, 1.165) is 0 Å². The van der Waals surface area contributed by atoms with Crippen LogP contribution in [0.4, 0.5) is 0 Å².